The van der Waals surface area contributed by atoms with E-state index in [9.17, 15) is 28.3 Å². The summed E-state index contributed by atoms with van der Waals surface area (Å²) in [5.41, 5.74) is -2.77. The van der Waals surface area contributed by atoms with Gasteiger partial charge in [-0.2, -0.15) is 0 Å². The molecule has 3 aromatic heterocycles. The number of aromatic carboxylic acids is 1. The van der Waals surface area contributed by atoms with Gasteiger partial charge in [-0.25, -0.2) is 27.3 Å². The number of methoxy groups -OCH3 is 1. The molecule has 0 unspecified atom stereocenters. The molecule has 2 N–H and O–H groups in total. The molecule has 0 radical (unpaired) electrons. The Morgan fingerprint density at radius 1 is 1.16 bits per heavy atom. The molecular formula is C24H14F3N3O6S. The van der Waals surface area contributed by atoms with Crippen LogP contribution in [0, 0.1) is 17.5 Å². The van der Waals surface area contributed by atoms with Gasteiger partial charge in [-0.3, -0.25) is 9.78 Å². The lowest BCUT2D eigenvalue weighted by Gasteiger charge is -2.15. The second-order valence-electron chi connectivity index (χ2n) is 7.70. The third-order valence-corrected chi connectivity index (χ3v) is 6.54. The zero-order valence-corrected chi connectivity index (χ0v) is 19.5. The van der Waals surface area contributed by atoms with E-state index in [0.29, 0.717) is 9.95 Å². The number of hydrogen-bond donors (Lipinski definition) is 2. The van der Waals surface area contributed by atoms with Crippen LogP contribution < -0.4 is 20.7 Å². The first-order chi connectivity index (χ1) is 17.7. The molecule has 0 atom stereocenters. The Morgan fingerprint density at radius 3 is 2.68 bits per heavy atom. The van der Waals surface area contributed by atoms with E-state index in [1.807, 2.05) is 0 Å². The van der Waals surface area contributed by atoms with Crippen molar-refractivity contribution in [2.45, 2.75) is 6.61 Å². The van der Waals surface area contributed by atoms with Crippen molar-refractivity contribution in [2.75, 3.05) is 7.11 Å². The van der Waals surface area contributed by atoms with Crippen molar-refractivity contribution in [3.63, 3.8) is 0 Å². The third kappa shape index (κ3) is 3.98. The molecule has 188 valence electrons. The van der Waals surface area contributed by atoms with E-state index in [1.165, 1.54) is 24.8 Å². The Morgan fingerprint density at radius 2 is 1.95 bits per heavy atom. The van der Waals surface area contributed by atoms with E-state index in [2.05, 4.69) is 9.97 Å². The maximum absolute atomic E-state index is 15.1. The van der Waals surface area contributed by atoms with E-state index >= 15 is 4.39 Å². The summed E-state index contributed by atoms with van der Waals surface area (Å²) in [4.78, 5) is 43.4. The number of ether oxygens (including phenoxy) is 2. The van der Waals surface area contributed by atoms with Crippen LogP contribution >= 0.6 is 11.3 Å². The molecule has 0 aliphatic heterocycles. The molecule has 0 spiro atoms. The molecule has 9 nitrogen and oxygen atoms in total. The van der Waals surface area contributed by atoms with Gasteiger partial charge >= 0.3 is 11.7 Å². The van der Waals surface area contributed by atoms with Crippen molar-refractivity contribution in [3.05, 3.63) is 90.6 Å². The number of rotatable bonds is 6. The summed E-state index contributed by atoms with van der Waals surface area (Å²) < 4.78 is 55.0. The first-order valence-electron chi connectivity index (χ1n) is 10.4. The standard InChI is InChI=1S/C24H14F3N3O6S/c1-35-16-6-12(25)15(30-22(31)18-14(29-24(30)34)9-37-21(18)23(32)33)7-17(16)36-8-11-19(27)13(26)5-10-3-2-4-28-20(10)11/h2-7,9H,8H2,1H3,(H,29,34)(H,32,33). The highest BCUT2D eigenvalue weighted by atomic mass is 32.1. The van der Waals surface area contributed by atoms with Gasteiger partial charge in [-0.1, -0.05) is 6.07 Å². The minimum atomic E-state index is -1.40. The molecular weight excluding hydrogens is 515 g/mol. The molecule has 0 saturated carbocycles. The number of halogens is 3. The van der Waals surface area contributed by atoms with Gasteiger partial charge < -0.3 is 19.6 Å². The van der Waals surface area contributed by atoms with Gasteiger partial charge in [0.1, 0.15) is 11.5 Å². The average Bonchev–Trinajstić information content (AvgIpc) is 3.30. The third-order valence-electron chi connectivity index (χ3n) is 5.57. The Labute approximate surface area is 208 Å². The predicted molar refractivity (Wildman–Crippen MR) is 128 cm³/mol. The molecule has 5 rings (SSSR count). The monoisotopic (exact) mass is 529 g/mol. The smallest absolute Gasteiger partial charge is 0.346 e. The van der Waals surface area contributed by atoms with Crippen molar-refractivity contribution in [1.29, 1.82) is 0 Å². The zero-order chi connectivity index (χ0) is 26.4. The van der Waals surface area contributed by atoms with Crippen molar-refractivity contribution >= 4 is 39.1 Å². The quantitative estimate of drug-likeness (QED) is 0.341. The van der Waals surface area contributed by atoms with Gasteiger partial charge in [0.05, 0.1) is 34.8 Å². The lowest BCUT2D eigenvalue weighted by molar-refractivity contribution is 0.0704. The molecule has 0 aliphatic carbocycles. The SMILES string of the molecule is COc1cc(F)c(-n2c(=O)[nH]c3csc(C(=O)O)c3c2=O)cc1OCc1c(F)c(F)cc2cccnc12. The second-order valence-corrected chi connectivity index (χ2v) is 8.58. The average molecular weight is 529 g/mol. The Kier molecular flexibility index (Phi) is 5.91. The number of carbonyl (C=O) groups is 1. The van der Waals surface area contributed by atoms with E-state index < -0.39 is 47.0 Å². The summed E-state index contributed by atoms with van der Waals surface area (Å²) in [6, 6.07) is 5.88. The van der Waals surface area contributed by atoms with Crippen molar-refractivity contribution in [2.24, 2.45) is 0 Å². The fraction of sp³-hybridized carbons (Fsp3) is 0.0833. The number of hydrogen-bond acceptors (Lipinski definition) is 7. The highest BCUT2D eigenvalue weighted by molar-refractivity contribution is 7.13. The summed E-state index contributed by atoms with van der Waals surface area (Å²) in [5.74, 6) is -5.14. The molecule has 37 heavy (non-hydrogen) atoms. The maximum Gasteiger partial charge on any atom is 0.346 e. The zero-order valence-electron chi connectivity index (χ0n) is 18.7. The number of H-pyrrole nitrogens is 1. The van der Waals surface area contributed by atoms with Crippen LogP contribution in [-0.4, -0.2) is 32.7 Å². The van der Waals surface area contributed by atoms with Gasteiger partial charge in [-0.05, 0) is 12.1 Å². The Balaban J connectivity index is 1.64. The first-order valence-corrected chi connectivity index (χ1v) is 11.3. The molecule has 13 heteroatoms. The second kappa shape index (κ2) is 9.09. The van der Waals surface area contributed by atoms with Gasteiger partial charge in [0.25, 0.3) is 5.56 Å². The number of thiophene rings is 1. The highest BCUT2D eigenvalue weighted by Gasteiger charge is 2.23. The van der Waals surface area contributed by atoms with Crippen LogP contribution in [0.5, 0.6) is 11.5 Å². The van der Waals surface area contributed by atoms with Crippen molar-refractivity contribution in [1.82, 2.24) is 14.5 Å². The van der Waals surface area contributed by atoms with E-state index in [1.54, 1.807) is 6.07 Å². The van der Waals surface area contributed by atoms with Crippen molar-refractivity contribution in [3.8, 4) is 17.2 Å². The first kappa shape index (κ1) is 24.1. The fourth-order valence-corrected chi connectivity index (χ4v) is 4.73. The van der Waals surface area contributed by atoms with Gasteiger partial charge in [0, 0.05) is 29.1 Å². The number of carboxylic acids is 1. The van der Waals surface area contributed by atoms with Gasteiger partial charge in [0.15, 0.2) is 29.0 Å². The molecule has 2 aromatic carbocycles. The van der Waals surface area contributed by atoms with Crippen LogP contribution in [0.1, 0.15) is 15.2 Å². The lowest BCUT2D eigenvalue weighted by Crippen LogP contribution is -2.34. The highest BCUT2D eigenvalue weighted by Crippen LogP contribution is 2.33. The molecule has 0 aliphatic rings. The number of pyridine rings is 1. The van der Waals surface area contributed by atoms with Crippen LogP contribution in [0.4, 0.5) is 13.2 Å². The summed E-state index contributed by atoms with van der Waals surface area (Å²) in [7, 11) is 1.20. The Bertz CT molecular complexity index is 1850. The topological polar surface area (TPSA) is 124 Å². The predicted octanol–water partition coefficient (Wildman–Crippen LogP) is 3.99. The molecule has 5 aromatic rings. The number of fused-ring (bicyclic) bond motifs is 2. The number of carboxylic acid groups (broad SMARTS) is 1. The van der Waals surface area contributed by atoms with Crippen LogP contribution in [0.25, 0.3) is 27.5 Å². The number of benzene rings is 2. The molecule has 0 saturated heterocycles. The van der Waals surface area contributed by atoms with E-state index in [-0.39, 0.29) is 38.4 Å². The molecule has 0 fully saturated rings. The van der Waals surface area contributed by atoms with Gasteiger partial charge in [0.2, 0.25) is 0 Å². The maximum atomic E-state index is 15.1. The number of nitrogens with zero attached hydrogens (tertiary/aromatic N) is 2. The minimum absolute atomic E-state index is 0.0139. The largest absolute Gasteiger partial charge is 0.493 e. The number of aromatic nitrogens is 3. The van der Waals surface area contributed by atoms with Crippen LogP contribution in [0.3, 0.4) is 0 Å². The van der Waals surface area contributed by atoms with Crippen molar-refractivity contribution < 1.29 is 32.5 Å². The Hall–Kier alpha value is -4.65. The minimum Gasteiger partial charge on any atom is -0.493 e. The molecule has 0 bridgehead atoms. The normalized spacial score (nSPS) is 11.2. The fourth-order valence-electron chi connectivity index (χ4n) is 3.90. The van der Waals surface area contributed by atoms with Crippen LogP contribution in [0.2, 0.25) is 0 Å². The van der Waals surface area contributed by atoms with Crippen LogP contribution in [0.15, 0.2) is 51.5 Å². The lowest BCUT2D eigenvalue weighted by atomic mass is 10.1. The van der Waals surface area contributed by atoms with E-state index in [4.69, 9.17) is 9.47 Å². The molecule has 0 amide bonds. The summed E-state index contributed by atoms with van der Waals surface area (Å²) in [6.07, 6.45) is 1.39. The summed E-state index contributed by atoms with van der Waals surface area (Å²) in [6.45, 7) is -0.559. The number of aromatic amines is 1. The van der Waals surface area contributed by atoms with Gasteiger partial charge in [-0.15, -0.1) is 11.3 Å². The van der Waals surface area contributed by atoms with E-state index in [0.717, 1.165) is 29.5 Å². The number of nitrogens with one attached hydrogen (secondary N) is 1. The summed E-state index contributed by atoms with van der Waals surface area (Å²) >= 11 is 0.727. The molecule has 3 heterocycles. The summed E-state index contributed by atoms with van der Waals surface area (Å²) in [5, 5.41) is 10.7. The van der Waals surface area contributed by atoms with Crippen LogP contribution in [-0.2, 0) is 6.61 Å².